The molecule has 0 unspecified atom stereocenters. The van der Waals surface area contributed by atoms with Gasteiger partial charge in [-0.05, 0) is 122 Å². The first kappa shape index (κ1) is 58.3. The van der Waals surface area contributed by atoms with Crippen molar-refractivity contribution in [2.45, 2.75) is 44.8 Å². The van der Waals surface area contributed by atoms with Gasteiger partial charge in [0, 0.05) is 86.7 Å². The minimum absolute atomic E-state index is 0.0128. The van der Waals surface area contributed by atoms with Gasteiger partial charge in [-0.1, -0.05) is 131 Å². The number of carbonyl (C=O) groups is 1. The van der Waals surface area contributed by atoms with E-state index in [1.54, 1.807) is 18.6 Å². The molecule has 15 nitrogen and oxygen atoms in total. The van der Waals surface area contributed by atoms with Crippen molar-refractivity contribution in [1.82, 2.24) is 45.0 Å². The summed E-state index contributed by atoms with van der Waals surface area (Å²) >= 11 is 25.6. The fourth-order valence-electron chi connectivity index (χ4n) is 11.1. The molecule has 0 bridgehead atoms. The lowest BCUT2D eigenvalue weighted by atomic mass is 9.98. The standard InChI is InChI=1S/C26H20Cl2N2O2.C23H24ClN7.C16H21ClN4/c1-15(23-13-16-7-6-12-22(27)24(16)25(28)30-23)29-26(31)32-14-21-19-10-4-2-8-17(19)18-9-3-5-11-20(18)21;1-15(28-22-21-18(26-14-27-22)7-4-8-25-21)19-13-16-5-3-6-17(24)20(16)23(29-19)31-11-9-30(2)10-12-31;1-11(18)14-10-12-4-3-5-13(17)15(12)16(19-14)21-8-6-20(2)7-9-21/h2-13,15,21H,14H2,1H3,(H,29,31);3-8,13-15H,9-12H2,1-2H3,(H,26,27,28);3-5,10-11H,6-9,18H2,1-2H3/t2*15-;11-/m000/s1. The Labute approximate surface area is 509 Å². The maximum absolute atomic E-state index is 12.6. The number of nitrogens with one attached hydrogen (secondary N) is 2. The molecule has 5 aromatic carbocycles. The van der Waals surface area contributed by atoms with E-state index in [0.29, 0.717) is 27.1 Å². The third-order valence-corrected chi connectivity index (χ3v) is 17.0. The number of benzene rings is 5. The van der Waals surface area contributed by atoms with Crippen LogP contribution in [0.5, 0.6) is 0 Å². The SMILES string of the molecule is C[C@H](N)c1cc2cccc(Cl)c2c(N2CCN(C)CC2)n1.C[C@H](NC(=O)OCC1c2ccccc2-c2ccccc21)c1cc2cccc(Cl)c2c(Cl)n1.C[C@H](Nc1ncnc2cccnc12)c1cc2cccc(Cl)c2c(N2CCN(C)CC2)n1. The number of anilines is 3. The minimum atomic E-state index is -0.497. The molecular weight excluding hydrogens is 1140 g/mol. The van der Waals surface area contributed by atoms with Crippen LogP contribution in [0.1, 0.15) is 73.0 Å². The molecule has 7 heterocycles. The summed E-state index contributed by atoms with van der Waals surface area (Å²) in [4.78, 5) is 49.4. The summed E-state index contributed by atoms with van der Waals surface area (Å²) in [6.45, 7) is 14.0. The average molecular weight is 1200 g/mol. The van der Waals surface area contributed by atoms with E-state index in [1.165, 1.54) is 22.3 Å². The van der Waals surface area contributed by atoms with Crippen molar-refractivity contribution in [3.63, 3.8) is 0 Å². The Morgan fingerprint density at radius 3 is 1.64 bits per heavy atom. The first-order valence-corrected chi connectivity index (χ1v) is 29.7. The summed E-state index contributed by atoms with van der Waals surface area (Å²) in [7, 11) is 4.30. The minimum Gasteiger partial charge on any atom is -0.449 e. The van der Waals surface area contributed by atoms with E-state index >= 15 is 0 Å². The highest BCUT2D eigenvalue weighted by atomic mass is 35.5. The number of hydrogen-bond donors (Lipinski definition) is 3. The van der Waals surface area contributed by atoms with Gasteiger partial charge >= 0.3 is 6.09 Å². The fourth-order valence-corrected chi connectivity index (χ4v) is 12.3. The Kier molecular flexibility index (Phi) is 17.9. The normalized spacial score (nSPS) is 15.6. The Balaban J connectivity index is 0.000000135. The summed E-state index contributed by atoms with van der Waals surface area (Å²) in [5, 5.41) is 14.5. The average Bonchev–Trinajstić information content (AvgIpc) is 2.69. The Bertz CT molecular complexity index is 3970. The topological polar surface area (TPSA) is 167 Å². The van der Waals surface area contributed by atoms with E-state index in [1.807, 2.05) is 98.8 Å². The number of alkyl carbamates (subject to hydrolysis) is 1. The van der Waals surface area contributed by atoms with Crippen LogP contribution in [0.25, 0.3) is 54.5 Å². The number of pyridine rings is 4. The highest BCUT2D eigenvalue weighted by Gasteiger charge is 2.30. The summed E-state index contributed by atoms with van der Waals surface area (Å²) < 4.78 is 5.64. The predicted octanol–water partition coefficient (Wildman–Crippen LogP) is 14.0. The van der Waals surface area contributed by atoms with Gasteiger partial charge in [-0.15, -0.1) is 0 Å². The van der Waals surface area contributed by atoms with Crippen molar-refractivity contribution in [3.8, 4) is 11.1 Å². The number of aromatic nitrogens is 6. The molecule has 84 heavy (non-hydrogen) atoms. The lowest BCUT2D eigenvalue weighted by molar-refractivity contribution is 0.139. The number of piperazine rings is 2. The monoisotopic (exact) mass is 1200 g/mol. The third kappa shape index (κ3) is 12.6. The lowest BCUT2D eigenvalue weighted by Gasteiger charge is -2.34. The largest absolute Gasteiger partial charge is 0.449 e. The van der Waals surface area contributed by atoms with E-state index < -0.39 is 6.09 Å². The van der Waals surface area contributed by atoms with Crippen LogP contribution in [0, 0.1) is 0 Å². The molecular formula is C65H65Cl4N13O2. The second-order valence-corrected chi connectivity index (χ2v) is 23.2. The molecule has 3 atom stereocenters. The van der Waals surface area contributed by atoms with Crippen molar-refractivity contribution in [2.24, 2.45) is 5.73 Å². The second-order valence-electron chi connectivity index (χ2n) is 21.6. The molecule has 10 aromatic rings. The summed E-state index contributed by atoms with van der Waals surface area (Å²) in [6.07, 6.45) is 2.81. The predicted molar refractivity (Wildman–Crippen MR) is 343 cm³/mol. The molecule has 430 valence electrons. The zero-order valence-corrected chi connectivity index (χ0v) is 50.4. The van der Waals surface area contributed by atoms with Crippen LogP contribution in [0.2, 0.25) is 20.2 Å². The molecule has 0 saturated carbocycles. The van der Waals surface area contributed by atoms with E-state index in [0.717, 1.165) is 123 Å². The molecule has 4 N–H and O–H groups in total. The number of carbonyl (C=O) groups excluding carboxylic acids is 1. The molecule has 1 amide bonds. The Morgan fingerprint density at radius 1 is 0.583 bits per heavy atom. The van der Waals surface area contributed by atoms with Crippen molar-refractivity contribution >= 4 is 113 Å². The van der Waals surface area contributed by atoms with Crippen molar-refractivity contribution < 1.29 is 9.53 Å². The van der Waals surface area contributed by atoms with Crippen LogP contribution in [0.4, 0.5) is 22.2 Å². The zero-order chi connectivity index (χ0) is 58.6. The molecule has 1 aliphatic carbocycles. The second kappa shape index (κ2) is 25.8. The van der Waals surface area contributed by atoms with E-state index in [4.69, 9.17) is 66.8 Å². The van der Waals surface area contributed by atoms with Crippen LogP contribution in [0.15, 0.2) is 146 Å². The number of fused-ring (bicyclic) bond motifs is 7. The van der Waals surface area contributed by atoms with Crippen LogP contribution >= 0.6 is 46.4 Å². The van der Waals surface area contributed by atoms with Crippen molar-refractivity contribution in [3.05, 3.63) is 194 Å². The number of amides is 1. The van der Waals surface area contributed by atoms with Gasteiger partial charge in [0.25, 0.3) is 0 Å². The van der Waals surface area contributed by atoms with Gasteiger partial charge in [-0.3, -0.25) is 4.98 Å². The molecule has 2 saturated heterocycles. The molecule has 13 rings (SSSR count). The lowest BCUT2D eigenvalue weighted by Crippen LogP contribution is -2.45. The van der Waals surface area contributed by atoms with Crippen LogP contribution in [-0.2, 0) is 4.74 Å². The Morgan fingerprint density at radius 2 is 1.08 bits per heavy atom. The maximum Gasteiger partial charge on any atom is 0.407 e. The van der Waals surface area contributed by atoms with Gasteiger partial charge in [-0.2, -0.15) is 0 Å². The molecule has 0 spiro atoms. The van der Waals surface area contributed by atoms with Gasteiger partial charge in [0.1, 0.15) is 35.2 Å². The van der Waals surface area contributed by atoms with Gasteiger partial charge in [-0.25, -0.2) is 29.7 Å². The maximum atomic E-state index is 12.6. The molecule has 2 aliphatic heterocycles. The molecule has 3 aliphatic rings. The number of halogens is 4. The van der Waals surface area contributed by atoms with Gasteiger partial charge in [0.2, 0.25) is 0 Å². The summed E-state index contributed by atoms with van der Waals surface area (Å²) in [6, 6.07) is 43.3. The van der Waals surface area contributed by atoms with Gasteiger partial charge in [0.05, 0.1) is 49.8 Å². The van der Waals surface area contributed by atoms with E-state index in [2.05, 4.69) is 114 Å². The smallest absolute Gasteiger partial charge is 0.407 e. The van der Waals surface area contributed by atoms with E-state index in [9.17, 15) is 4.79 Å². The number of hydrogen-bond acceptors (Lipinski definition) is 14. The van der Waals surface area contributed by atoms with Gasteiger partial charge in [0.15, 0.2) is 5.82 Å². The third-order valence-electron chi connectivity index (χ3n) is 15.8. The highest BCUT2D eigenvalue weighted by Crippen LogP contribution is 2.45. The van der Waals surface area contributed by atoms with Crippen molar-refractivity contribution in [2.75, 3.05) is 88.2 Å². The summed E-state index contributed by atoms with van der Waals surface area (Å²) in [5.41, 5.74) is 14.8. The number of nitrogens with two attached hydrogens (primary N) is 1. The molecule has 19 heteroatoms. The van der Waals surface area contributed by atoms with Crippen molar-refractivity contribution in [1.29, 1.82) is 0 Å². The summed E-state index contributed by atoms with van der Waals surface area (Å²) in [5.74, 6) is 2.63. The quantitative estimate of drug-likeness (QED) is 0.111. The fraction of sp³-hybridized carbons (Fsp3) is 0.277. The zero-order valence-electron chi connectivity index (χ0n) is 47.4. The first-order valence-electron chi connectivity index (χ1n) is 28.2. The van der Waals surface area contributed by atoms with E-state index in [-0.39, 0.29) is 30.7 Å². The highest BCUT2D eigenvalue weighted by molar-refractivity contribution is 6.41. The Hall–Kier alpha value is -7.47. The molecule has 5 aromatic heterocycles. The first-order chi connectivity index (χ1) is 40.7. The van der Waals surface area contributed by atoms with Crippen LogP contribution in [-0.4, -0.2) is 119 Å². The van der Waals surface area contributed by atoms with Crippen LogP contribution < -0.4 is 26.2 Å². The molecule has 2 fully saturated rings. The number of nitrogens with zero attached hydrogens (tertiary/aromatic N) is 10. The van der Waals surface area contributed by atoms with Crippen LogP contribution in [0.3, 0.4) is 0 Å². The molecule has 0 radical (unpaired) electrons. The number of ether oxygens (including phenoxy) is 1. The number of rotatable bonds is 10. The van der Waals surface area contributed by atoms with Gasteiger partial charge < -0.3 is 40.7 Å². The number of likely N-dealkylation sites (N-methyl/N-ethyl adjacent to an activating group) is 2.